The molecule has 276 valence electrons. The van der Waals surface area contributed by atoms with E-state index in [2.05, 4.69) is 205 Å². The quantitative estimate of drug-likeness (QED) is 0.167. The molecule has 0 fully saturated rings. The van der Waals surface area contributed by atoms with Crippen LogP contribution in [0.2, 0.25) is 0 Å². The van der Waals surface area contributed by atoms with Crippen molar-refractivity contribution in [1.82, 2.24) is 14.5 Å². The Hall–Kier alpha value is -7.88. The topological polar surface area (TPSA) is 30.7 Å². The third-order valence-electron chi connectivity index (χ3n) is 13.5. The van der Waals surface area contributed by atoms with Crippen LogP contribution >= 0.6 is 0 Å². The molecule has 0 aliphatic heterocycles. The lowest BCUT2D eigenvalue weighted by Crippen LogP contribution is -2.28. The van der Waals surface area contributed by atoms with E-state index in [1.54, 1.807) is 0 Å². The highest BCUT2D eigenvalue weighted by molar-refractivity contribution is 6.38. The van der Waals surface area contributed by atoms with E-state index >= 15 is 0 Å². The predicted molar refractivity (Wildman–Crippen MR) is 248 cm³/mol. The van der Waals surface area contributed by atoms with E-state index < -0.39 is 5.41 Å². The average molecular weight is 760 g/mol. The van der Waals surface area contributed by atoms with Gasteiger partial charge in [-0.05, 0) is 102 Å². The molecule has 12 aromatic rings. The number of aromatic nitrogens is 3. The van der Waals surface area contributed by atoms with Gasteiger partial charge in [0.25, 0.3) is 0 Å². The molecule has 60 heavy (non-hydrogen) atoms. The Bertz CT molecular complexity index is 3780. The van der Waals surface area contributed by atoms with Gasteiger partial charge in [-0.1, -0.05) is 170 Å². The van der Waals surface area contributed by atoms with E-state index in [-0.39, 0.29) is 0 Å². The maximum Gasteiger partial charge on any atom is 0.165 e. The standard InChI is InChI=1S/C57H33N3/c1-3-15-38(16-4-1)57(39-17-5-2-6-18-39)44-22-8-7-19-40(44)41-30-27-37(33-45(41)57)55-56(59-47-24-10-9-23-46(47)58-55)60-48-31-28-35-14-12-21-43-42-20-11-13-34-25-26-36-29-32-49(60)54(52(36)50(34)42)53(48)51(35)43/h1-33H. The van der Waals surface area contributed by atoms with Crippen LogP contribution in [0, 0.1) is 0 Å². The van der Waals surface area contributed by atoms with E-state index in [1.807, 2.05) is 0 Å². The number of fused-ring (bicyclic) bond motifs is 5. The maximum absolute atomic E-state index is 5.61. The first kappa shape index (κ1) is 32.1. The van der Waals surface area contributed by atoms with E-state index in [0.29, 0.717) is 0 Å². The summed E-state index contributed by atoms with van der Waals surface area (Å²) in [6, 6.07) is 73.6. The van der Waals surface area contributed by atoms with Gasteiger partial charge in [0.05, 0.1) is 27.5 Å². The molecular formula is C57H33N3. The Morgan fingerprint density at radius 2 is 0.867 bits per heavy atom. The normalized spacial score (nSPS) is 13.5. The van der Waals surface area contributed by atoms with Gasteiger partial charge >= 0.3 is 0 Å². The first-order chi connectivity index (χ1) is 29.8. The van der Waals surface area contributed by atoms with Gasteiger partial charge in [-0.3, -0.25) is 4.57 Å². The van der Waals surface area contributed by atoms with Crippen molar-refractivity contribution < 1.29 is 0 Å². The van der Waals surface area contributed by atoms with Crippen LogP contribution in [0.4, 0.5) is 0 Å². The highest BCUT2D eigenvalue weighted by Gasteiger charge is 2.46. The van der Waals surface area contributed by atoms with Gasteiger partial charge in [-0.2, -0.15) is 0 Å². The van der Waals surface area contributed by atoms with Crippen molar-refractivity contribution in [3.05, 3.63) is 222 Å². The van der Waals surface area contributed by atoms with Crippen LogP contribution in [0.1, 0.15) is 22.3 Å². The monoisotopic (exact) mass is 759 g/mol. The Labute approximate surface area is 345 Å². The van der Waals surface area contributed by atoms with Crippen LogP contribution in [0.5, 0.6) is 0 Å². The minimum atomic E-state index is -0.536. The van der Waals surface area contributed by atoms with Gasteiger partial charge in [0, 0.05) is 21.7 Å². The molecule has 3 nitrogen and oxygen atoms in total. The fourth-order valence-electron chi connectivity index (χ4n) is 11.2. The van der Waals surface area contributed by atoms with E-state index in [9.17, 15) is 0 Å². The predicted octanol–water partition coefficient (Wildman–Crippen LogP) is 14.2. The summed E-state index contributed by atoms with van der Waals surface area (Å²) in [4.78, 5) is 11.2. The van der Waals surface area contributed by atoms with Crippen molar-refractivity contribution in [2.75, 3.05) is 0 Å². The molecule has 2 aromatic heterocycles. The highest BCUT2D eigenvalue weighted by Crippen LogP contribution is 2.57. The molecule has 0 saturated carbocycles. The summed E-state index contributed by atoms with van der Waals surface area (Å²) in [7, 11) is 0. The maximum atomic E-state index is 5.61. The van der Waals surface area contributed by atoms with Crippen LogP contribution in [0.15, 0.2) is 200 Å². The molecule has 14 rings (SSSR count). The van der Waals surface area contributed by atoms with E-state index in [1.165, 1.54) is 87.6 Å². The summed E-state index contributed by atoms with van der Waals surface area (Å²) in [5.41, 5.74) is 15.4. The van der Waals surface area contributed by atoms with Crippen molar-refractivity contribution in [3.8, 4) is 39.3 Å². The summed E-state index contributed by atoms with van der Waals surface area (Å²) in [5, 5.41) is 10.2. The number of rotatable bonds is 4. The molecule has 0 spiro atoms. The second-order valence-electron chi connectivity index (χ2n) is 16.4. The second kappa shape index (κ2) is 11.6. The third kappa shape index (κ3) is 3.99. The zero-order valence-corrected chi connectivity index (χ0v) is 32.4. The molecule has 10 aromatic carbocycles. The Kier molecular flexibility index (Phi) is 6.22. The van der Waals surface area contributed by atoms with Crippen LogP contribution in [-0.4, -0.2) is 14.5 Å². The lowest BCUT2D eigenvalue weighted by atomic mass is 9.67. The van der Waals surface area contributed by atoms with Crippen LogP contribution in [0.25, 0.3) is 104 Å². The van der Waals surface area contributed by atoms with Crippen molar-refractivity contribution in [1.29, 1.82) is 0 Å². The minimum Gasteiger partial charge on any atom is -0.292 e. The van der Waals surface area contributed by atoms with Gasteiger partial charge < -0.3 is 0 Å². The second-order valence-corrected chi connectivity index (χ2v) is 16.4. The third-order valence-corrected chi connectivity index (χ3v) is 13.5. The zero-order valence-electron chi connectivity index (χ0n) is 32.4. The Balaban J connectivity index is 1.13. The van der Waals surface area contributed by atoms with Crippen molar-refractivity contribution in [3.63, 3.8) is 0 Å². The lowest BCUT2D eigenvalue weighted by Gasteiger charge is -2.34. The molecule has 0 unspecified atom stereocenters. The molecule has 0 saturated heterocycles. The van der Waals surface area contributed by atoms with Gasteiger partial charge in [0.2, 0.25) is 0 Å². The molecule has 3 heteroatoms. The molecule has 2 aliphatic rings. The van der Waals surface area contributed by atoms with Crippen LogP contribution in [-0.2, 0) is 5.41 Å². The fraction of sp³-hybridized carbons (Fsp3) is 0.0175. The number of benzene rings is 10. The molecule has 2 heterocycles. The Morgan fingerprint density at radius 1 is 0.350 bits per heavy atom. The van der Waals surface area contributed by atoms with Crippen LogP contribution < -0.4 is 0 Å². The van der Waals surface area contributed by atoms with E-state index in [4.69, 9.17) is 9.97 Å². The molecule has 0 bridgehead atoms. The summed E-state index contributed by atoms with van der Waals surface area (Å²) >= 11 is 0. The number of nitrogens with zero attached hydrogens (tertiary/aromatic N) is 3. The van der Waals surface area contributed by atoms with Crippen molar-refractivity contribution >= 4 is 65.2 Å². The number of hydrogen-bond acceptors (Lipinski definition) is 2. The number of para-hydroxylation sites is 2. The summed E-state index contributed by atoms with van der Waals surface area (Å²) < 4.78 is 2.41. The molecule has 2 aliphatic carbocycles. The summed E-state index contributed by atoms with van der Waals surface area (Å²) in [5.74, 6) is 0.825. The van der Waals surface area contributed by atoms with Crippen molar-refractivity contribution in [2.45, 2.75) is 5.41 Å². The minimum absolute atomic E-state index is 0.536. The zero-order chi connectivity index (χ0) is 39.1. The highest BCUT2D eigenvalue weighted by atomic mass is 15.1. The van der Waals surface area contributed by atoms with Gasteiger partial charge in [0.15, 0.2) is 5.82 Å². The summed E-state index contributed by atoms with van der Waals surface area (Å²) in [6.07, 6.45) is 0. The lowest BCUT2D eigenvalue weighted by molar-refractivity contribution is 0.768. The van der Waals surface area contributed by atoms with Gasteiger partial charge in [-0.25, -0.2) is 9.97 Å². The molecule has 0 N–H and O–H groups in total. The smallest absolute Gasteiger partial charge is 0.165 e. The largest absolute Gasteiger partial charge is 0.292 e. The molecule has 0 amide bonds. The van der Waals surface area contributed by atoms with Gasteiger partial charge in [-0.15, -0.1) is 0 Å². The molecule has 0 radical (unpaired) electrons. The first-order valence-electron chi connectivity index (χ1n) is 20.7. The number of hydrogen-bond donors (Lipinski definition) is 0. The van der Waals surface area contributed by atoms with Gasteiger partial charge in [0.1, 0.15) is 5.69 Å². The van der Waals surface area contributed by atoms with E-state index in [0.717, 1.165) is 39.1 Å². The Morgan fingerprint density at radius 3 is 1.55 bits per heavy atom. The first-order valence-corrected chi connectivity index (χ1v) is 20.7. The van der Waals surface area contributed by atoms with Crippen LogP contribution in [0.3, 0.4) is 0 Å². The van der Waals surface area contributed by atoms with Crippen molar-refractivity contribution in [2.24, 2.45) is 0 Å². The summed E-state index contributed by atoms with van der Waals surface area (Å²) in [6.45, 7) is 0. The molecular weight excluding hydrogens is 727 g/mol. The fourth-order valence-corrected chi connectivity index (χ4v) is 11.2. The SMILES string of the molecule is c1ccc(C2(c3ccccc3)c3ccccc3-c3ccc(-c4nc5ccccc5nc4-n4c5ccc6cccc7c6c5c5c6c(ccc8cccc-7c86)ccc54)cc32)cc1. The molecule has 0 atom stereocenters. The average Bonchev–Trinajstić information content (AvgIpc) is 3.77.